The maximum absolute atomic E-state index is 12.4. The van der Waals surface area contributed by atoms with Gasteiger partial charge in [-0.1, -0.05) is 12.1 Å². The summed E-state index contributed by atoms with van der Waals surface area (Å²) in [5, 5.41) is 19.3. The van der Waals surface area contributed by atoms with Crippen LogP contribution in [0.1, 0.15) is 11.1 Å². The van der Waals surface area contributed by atoms with Gasteiger partial charge in [0.25, 0.3) is 0 Å². The Hall–Kier alpha value is -2.01. The summed E-state index contributed by atoms with van der Waals surface area (Å²) in [6.07, 6.45) is 0. The third-order valence-corrected chi connectivity index (χ3v) is 4.55. The molecule has 0 radical (unpaired) electrons. The highest BCUT2D eigenvalue weighted by molar-refractivity contribution is 7.91. The maximum atomic E-state index is 12.4. The number of hydrogen-bond donors (Lipinski definition) is 2. The summed E-state index contributed by atoms with van der Waals surface area (Å²) < 4.78 is 24.9. The van der Waals surface area contributed by atoms with Crippen LogP contribution in [0.2, 0.25) is 0 Å². The molecule has 5 heteroatoms. The lowest BCUT2D eigenvalue weighted by molar-refractivity contribution is 0.392. The lowest BCUT2D eigenvalue weighted by Gasteiger charge is -2.09. The third-order valence-electron chi connectivity index (χ3n) is 2.79. The highest BCUT2D eigenvalue weighted by Crippen LogP contribution is 2.36. The van der Waals surface area contributed by atoms with E-state index >= 15 is 0 Å². The van der Waals surface area contributed by atoms with E-state index in [1.165, 1.54) is 24.3 Å². The summed E-state index contributed by atoms with van der Waals surface area (Å²) in [7, 11) is -3.85. The van der Waals surface area contributed by atoms with Crippen molar-refractivity contribution in [1.29, 1.82) is 0 Å². The van der Waals surface area contributed by atoms with Crippen molar-refractivity contribution in [3.8, 4) is 11.5 Å². The molecule has 2 rings (SSSR count). The molecule has 0 amide bonds. The van der Waals surface area contributed by atoms with Gasteiger partial charge in [0.15, 0.2) is 11.5 Å². The van der Waals surface area contributed by atoms with Crippen molar-refractivity contribution in [1.82, 2.24) is 0 Å². The molecule has 0 spiro atoms. The molecule has 2 aromatic carbocycles. The van der Waals surface area contributed by atoms with Crippen molar-refractivity contribution in [3.05, 3.63) is 47.5 Å². The first-order valence-corrected chi connectivity index (χ1v) is 7.15. The maximum Gasteiger partial charge on any atom is 0.210 e. The number of phenolic OH excluding ortho intramolecular Hbond substituents is 2. The molecule has 2 aromatic rings. The van der Waals surface area contributed by atoms with Gasteiger partial charge < -0.3 is 10.2 Å². The molecule has 0 aliphatic heterocycles. The molecule has 0 atom stereocenters. The Morgan fingerprint density at radius 3 is 2.26 bits per heavy atom. The number of sulfone groups is 1. The molecular formula is C14H14O4S. The molecule has 0 saturated heterocycles. The average Bonchev–Trinajstić information content (AvgIpc) is 2.33. The Kier molecular flexibility index (Phi) is 3.24. The molecule has 0 saturated carbocycles. The van der Waals surface area contributed by atoms with E-state index in [2.05, 4.69) is 0 Å². The standard InChI is InChI=1S/C14H14O4S/c1-9-4-3-5-11(6-9)19(17,18)13-8-10(2)7-12(15)14(13)16/h3-8,15-16H,1-2H3. The average molecular weight is 278 g/mol. The van der Waals surface area contributed by atoms with E-state index in [0.717, 1.165) is 5.56 Å². The second-order valence-corrected chi connectivity index (χ2v) is 6.37. The van der Waals surface area contributed by atoms with Crippen LogP contribution in [0.15, 0.2) is 46.2 Å². The van der Waals surface area contributed by atoms with Gasteiger partial charge in [-0.2, -0.15) is 0 Å². The zero-order valence-corrected chi connectivity index (χ0v) is 11.4. The third kappa shape index (κ3) is 2.42. The molecule has 100 valence electrons. The van der Waals surface area contributed by atoms with Crippen molar-refractivity contribution >= 4 is 9.84 Å². The summed E-state index contributed by atoms with van der Waals surface area (Å²) in [4.78, 5) is -0.191. The summed E-state index contributed by atoms with van der Waals surface area (Å²) in [5.41, 5.74) is 1.36. The first kappa shape index (κ1) is 13.4. The van der Waals surface area contributed by atoms with Crippen molar-refractivity contribution < 1.29 is 18.6 Å². The van der Waals surface area contributed by atoms with Gasteiger partial charge in [0.2, 0.25) is 9.84 Å². The van der Waals surface area contributed by atoms with Crippen LogP contribution in [0, 0.1) is 13.8 Å². The highest BCUT2D eigenvalue weighted by Gasteiger charge is 2.23. The molecule has 0 aromatic heterocycles. The topological polar surface area (TPSA) is 74.6 Å². The zero-order valence-electron chi connectivity index (χ0n) is 10.6. The van der Waals surface area contributed by atoms with E-state index in [0.29, 0.717) is 5.56 Å². The minimum absolute atomic E-state index is 0.0906. The Morgan fingerprint density at radius 2 is 1.63 bits per heavy atom. The summed E-state index contributed by atoms with van der Waals surface area (Å²) in [5.74, 6) is -1.06. The Labute approximate surface area is 111 Å². The molecule has 0 aliphatic carbocycles. The number of aromatic hydroxyl groups is 2. The largest absolute Gasteiger partial charge is 0.504 e. The quantitative estimate of drug-likeness (QED) is 0.828. The predicted molar refractivity (Wildman–Crippen MR) is 71.1 cm³/mol. The van der Waals surface area contributed by atoms with Crippen LogP contribution in [0.3, 0.4) is 0 Å². The van der Waals surface area contributed by atoms with Gasteiger partial charge in [0.05, 0.1) is 4.90 Å². The smallest absolute Gasteiger partial charge is 0.210 e. The van der Waals surface area contributed by atoms with Gasteiger partial charge in [-0.3, -0.25) is 0 Å². The predicted octanol–water partition coefficient (Wildman–Crippen LogP) is 2.55. The van der Waals surface area contributed by atoms with Gasteiger partial charge in [-0.25, -0.2) is 8.42 Å². The molecular weight excluding hydrogens is 264 g/mol. The lowest BCUT2D eigenvalue weighted by Crippen LogP contribution is -2.03. The fourth-order valence-electron chi connectivity index (χ4n) is 1.84. The Morgan fingerprint density at radius 1 is 0.947 bits per heavy atom. The number of rotatable bonds is 2. The summed E-state index contributed by atoms with van der Waals surface area (Å²) in [6.45, 7) is 3.43. The number of benzene rings is 2. The molecule has 0 aliphatic rings. The van der Waals surface area contributed by atoms with Crippen molar-refractivity contribution in [2.24, 2.45) is 0 Å². The van der Waals surface area contributed by atoms with E-state index in [4.69, 9.17) is 0 Å². The number of aryl methyl sites for hydroxylation is 2. The van der Waals surface area contributed by atoms with Gasteiger partial charge >= 0.3 is 0 Å². The minimum Gasteiger partial charge on any atom is -0.504 e. The van der Waals surface area contributed by atoms with E-state index in [1.54, 1.807) is 26.0 Å². The summed E-state index contributed by atoms with van der Waals surface area (Å²) in [6, 6.07) is 9.05. The van der Waals surface area contributed by atoms with Crippen LogP contribution in [-0.2, 0) is 9.84 Å². The van der Waals surface area contributed by atoms with E-state index < -0.39 is 21.3 Å². The molecule has 0 bridgehead atoms. The van der Waals surface area contributed by atoms with Crippen molar-refractivity contribution in [2.75, 3.05) is 0 Å². The van der Waals surface area contributed by atoms with E-state index in [1.807, 2.05) is 0 Å². The first-order valence-electron chi connectivity index (χ1n) is 5.66. The second-order valence-electron chi connectivity index (χ2n) is 4.45. The van der Waals surface area contributed by atoms with Gasteiger partial charge in [0.1, 0.15) is 4.90 Å². The fraction of sp³-hybridized carbons (Fsp3) is 0.143. The first-order chi connectivity index (χ1) is 8.82. The van der Waals surface area contributed by atoms with Crippen LogP contribution in [-0.4, -0.2) is 18.6 Å². The van der Waals surface area contributed by atoms with E-state index in [-0.39, 0.29) is 9.79 Å². The second kappa shape index (κ2) is 4.59. The minimum atomic E-state index is -3.85. The lowest BCUT2D eigenvalue weighted by atomic mass is 10.2. The van der Waals surface area contributed by atoms with Gasteiger partial charge in [-0.05, 0) is 49.2 Å². The molecule has 0 heterocycles. The molecule has 0 unspecified atom stereocenters. The van der Waals surface area contributed by atoms with Crippen LogP contribution in [0.4, 0.5) is 0 Å². The van der Waals surface area contributed by atoms with E-state index in [9.17, 15) is 18.6 Å². The number of phenols is 2. The van der Waals surface area contributed by atoms with Crippen LogP contribution in [0.5, 0.6) is 11.5 Å². The highest BCUT2D eigenvalue weighted by atomic mass is 32.2. The zero-order chi connectivity index (χ0) is 14.2. The Balaban J connectivity index is 2.70. The normalized spacial score (nSPS) is 11.5. The number of hydrogen-bond acceptors (Lipinski definition) is 4. The van der Waals surface area contributed by atoms with Crippen LogP contribution in [0.25, 0.3) is 0 Å². The fourth-order valence-corrected chi connectivity index (χ4v) is 3.39. The van der Waals surface area contributed by atoms with Crippen molar-refractivity contribution in [3.63, 3.8) is 0 Å². The molecule has 4 nitrogen and oxygen atoms in total. The molecule has 19 heavy (non-hydrogen) atoms. The summed E-state index contributed by atoms with van der Waals surface area (Å²) >= 11 is 0. The van der Waals surface area contributed by atoms with Gasteiger partial charge in [0, 0.05) is 0 Å². The van der Waals surface area contributed by atoms with Gasteiger partial charge in [-0.15, -0.1) is 0 Å². The molecule has 0 fully saturated rings. The monoisotopic (exact) mass is 278 g/mol. The Bertz CT molecular complexity index is 733. The van der Waals surface area contributed by atoms with Crippen LogP contribution < -0.4 is 0 Å². The van der Waals surface area contributed by atoms with Crippen LogP contribution >= 0.6 is 0 Å². The SMILES string of the molecule is Cc1cccc(S(=O)(=O)c2cc(C)cc(O)c2O)c1. The molecule has 2 N–H and O–H groups in total. The van der Waals surface area contributed by atoms with Crippen molar-refractivity contribution in [2.45, 2.75) is 23.6 Å².